The van der Waals surface area contributed by atoms with Gasteiger partial charge in [-0.3, -0.25) is 9.89 Å². The number of carbonyl (C=O) groups excluding carboxylic acids is 1. The highest BCUT2D eigenvalue weighted by Gasteiger charge is 2.29. The van der Waals surface area contributed by atoms with E-state index in [1.165, 1.54) is 12.8 Å². The fourth-order valence-electron chi connectivity index (χ4n) is 3.70. The molecule has 1 aromatic heterocycles. The van der Waals surface area contributed by atoms with Crippen LogP contribution in [-0.4, -0.2) is 34.2 Å². The Kier molecular flexibility index (Phi) is 5.65. The molecule has 1 saturated carbocycles. The second-order valence-electron chi connectivity index (χ2n) is 7.77. The second kappa shape index (κ2) is 8.52. The first kappa shape index (κ1) is 19.2. The average molecular weight is 389 g/mol. The molecule has 0 aliphatic heterocycles. The molecule has 0 spiro atoms. The number of benzene rings is 2. The van der Waals surface area contributed by atoms with Crippen LogP contribution in [0.2, 0.25) is 0 Å². The van der Waals surface area contributed by atoms with Crippen LogP contribution in [-0.2, 0) is 13.0 Å². The molecular weight excluding hydrogens is 362 g/mol. The van der Waals surface area contributed by atoms with Gasteiger partial charge in [0.25, 0.3) is 5.91 Å². The number of aromatic amines is 1. The number of H-pyrrole nitrogens is 1. The van der Waals surface area contributed by atoms with Gasteiger partial charge in [-0.2, -0.15) is 5.10 Å². The number of amides is 1. The van der Waals surface area contributed by atoms with Crippen molar-refractivity contribution in [3.63, 3.8) is 0 Å². The predicted octanol–water partition coefficient (Wildman–Crippen LogP) is 4.57. The van der Waals surface area contributed by atoms with Gasteiger partial charge in [-0.05, 0) is 49.4 Å². The first-order valence-corrected chi connectivity index (χ1v) is 10.2. The van der Waals surface area contributed by atoms with E-state index in [1.54, 1.807) is 7.11 Å². The molecule has 1 N–H and O–H groups in total. The molecule has 1 fully saturated rings. The third-order valence-electron chi connectivity index (χ3n) is 5.53. The normalized spacial score (nSPS) is 14.4. The number of nitrogens with zero attached hydrogens (tertiary/aromatic N) is 2. The highest BCUT2D eigenvalue weighted by Crippen LogP contribution is 2.39. The standard InChI is InChI=1S/C24H27N3O2/c1-17(14-20-10-6-7-11-23(20)29-2)27(16-18-8-4-3-5-9-18)24(28)22-15-21(25-26-22)19-12-13-19/h3-11,15,17,19H,12-14,16H2,1-2H3,(H,25,26). The van der Waals surface area contributed by atoms with E-state index in [9.17, 15) is 4.79 Å². The lowest BCUT2D eigenvalue weighted by Gasteiger charge is -2.29. The highest BCUT2D eigenvalue weighted by atomic mass is 16.5. The number of aromatic nitrogens is 2. The molecule has 1 unspecified atom stereocenters. The third-order valence-corrected chi connectivity index (χ3v) is 5.53. The van der Waals surface area contributed by atoms with Gasteiger partial charge >= 0.3 is 0 Å². The summed E-state index contributed by atoms with van der Waals surface area (Å²) in [7, 11) is 1.68. The topological polar surface area (TPSA) is 58.2 Å². The number of carbonyl (C=O) groups is 1. The monoisotopic (exact) mass is 389 g/mol. The van der Waals surface area contributed by atoms with Crippen LogP contribution < -0.4 is 4.74 Å². The Labute approximate surface area is 171 Å². The summed E-state index contributed by atoms with van der Waals surface area (Å²) in [6.07, 6.45) is 3.06. The van der Waals surface area contributed by atoms with Crippen LogP contribution in [0.5, 0.6) is 5.75 Å². The van der Waals surface area contributed by atoms with Crippen LogP contribution >= 0.6 is 0 Å². The number of methoxy groups -OCH3 is 1. The van der Waals surface area contributed by atoms with Gasteiger partial charge in [0.2, 0.25) is 0 Å². The molecule has 0 bridgehead atoms. The third kappa shape index (κ3) is 4.50. The van der Waals surface area contributed by atoms with E-state index in [4.69, 9.17) is 4.74 Å². The van der Waals surface area contributed by atoms with Gasteiger partial charge in [0.1, 0.15) is 11.4 Å². The lowest BCUT2D eigenvalue weighted by molar-refractivity contribution is 0.0668. The summed E-state index contributed by atoms with van der Waals surface area (Å²) >= 11 is 0. The van der Waals surface area contributed by atoms with Crippen LogP contribution in [0.1, 0.15) is 53.0 Å². The van der Waals surface area contributed by atoms with Crippen molar-refractivity contribution in [1.82, 2.24) is 15.1 Å². The Morgan fingerprint density at radius 2 is 1.90 bits per heavy atom. The first-order valence-electron chi connectivity index (χ1n) is 10.2. The summed E-state index contributed by atoms with van der Waals surface area (Å²) < 4.78 is 5.51. The van der Waals surface area contributed by atoms with Gasteiger partial charge in [0, 0.05) is 24.2 Å². The number of nitrogens with one attached hydrogen (secondary N) is 1. The van der Waals surface area contributed by atoms with Crippen LogP contribution in [0.25, 0.3) is 0 Å². The predicted molar refractivity (Wildman–Crippen MR) is 113 cm³/mol. The number of rotatable bonds is 8. The Morgan fingerprint density at radius 1 is 1.17 bits per heavy atom. The van der Waals surface area contributed by atoms with E-state index in [2.05, 4.69) is 35.3 Å². The minimum absolute atomic E-state index is 0.0138. The summed E-state index contributed by atoms with van der Waals surface area (Å²) in [6.45, 7) is 2.63. The number of hydrogen-bond acceptors (Lipinski definition) is 3. The Morgan fingerprint density at radius 3 is 2.62 bits per heavy atom. The van der Waals surface area contributed by atoms with Crippen LogP contribution in [0.15, 0.2) is 60.7 Å². The molecule has 1 aliphatic rings. The maximum absolute atomic E-state index is 13.4. The van der Waals surface area contributed by atoms with E-state index >= 15 is 0 Å². The Balaban J connectivity index is 1.58. The van der Waals surface area contributed by atoms with E-state index in [1.807, 2.05) is 47.4 Å². The molecule has 3 aromatic rings. The molecular formula is C24H27N3O2. The molecule has 2 aromatic carbocycles. The summed E-state index contributed by atoms with van der Waals surface area (Å²) in [5, 5.41) is 7.38. The molecule has 0 saturated heterocycles. The molecule has 29 heavy (non-hydrogen) atoms. The smallest absolute Gasteiger partial charge is 0.274 e. The van der Waals surface area contributed by atoms with Gasteiger partial charge in [0.05, 0.1) is 7.11 Å². The van der Waals surface area contributed by atoms with Crippen molar-refractivity contribution < 1.29 is 9.53 Å². The number of ether oxygens (including phenoxy) is 1. The fraction of sp³-hybridized carbons (Fsp3) is 0.333. The maximum Gasteiger partial charge on any atom is 0.274 e. The van der Waals surface area contributed by atoms with Crippen molar-refractivity contribution in [2.75, 3.05) is 7.11 Å². The lowest BCUT2D eigenvalue weighted by Crippen LogP contribution is -2.39. The average Bonchev–Trinajstić information content (AvgIpc) is 3.49. The molecule has 4 rings (SSSR count). The number of hydrogen-bond donors (Lipinski definition) is 1. The summed E-state index contributed by atoms with van der Waals surface area (Å²) in [5.41, 5.74) is 3.76. The zero-order valence-corrected chi connectivity index (χ0v) is 17.0. The zero-order chi connectivity index (χ0) is 20.2. The molecule has 5 nitrogen and oxygen atoms in total. The minimum Gasteiger partial charge on any atom is -0.496 e. The summed E-state index contributed by atoms with van der Waals surface area (Å²) in [6, 6.07) is 20.0. The van der Waals surface area contributed by atoms with Crippen molar-refractivity contribution >= 4 is 5.91 Å². The van der Waals surface area contributed by atoms with Gasteiger partial charge in [-0.25, -0.2) is 0 Å². The van der Waals surface area contributed by atoms with Crippen molar-refractivity contribution in [3.05, 3.63) is 83.2 Å². The minimum atomic E-state index is -0.0422. The van der Waals surface area contributed by atoms with Gasteiger partial charge in [-0.15, -0.1) is 0 Å². The Hall–Kier alpha value is -3.08. The number of para-hydroxylation sites is 1. The molecule has 5 heteroatoms. The maximum atomic E-state index is 13.4. The molecule has 1 amide bonds. The zero-order valence-electron chi connectivity index (χ0n) is 17.0. The summed E-state index contributed by atoms with van der Waals surface area (Å²) in [4.78, 5) is 15.3. The first-order chi connectivity index (χ1) is 14.2. The van der Waals surface area contributed by atoms with Crippen molar-refractivity contribution in [1.29, 1.82) is 0 Å². The highest BCUT2D eigenvalue weighted by molar-refractivity contribution is 5.92. The van der Waals surface area contributed by atoms with Crippen LogP contribution in [0.4, 0.5) is 0 Å². The Bertz CT molecular complexity index is 963. The van der Waals surface area contributed by atoms with Crippen LogP contribution in [0, 0.1) is 0 Å². The van der Waals surface area contributed by atoms with Crippen LogP contribution in [0.3, 0.4) is 0 Å². The van der Waals surface area contributed by atoms with E-state index in [0.29, 0.717) is 24.6 Å². The van der Waals surface area contributed by atoms with Crippen molar-refractivity contribution in [3.8, 4) is 5.75 Å². The molecule has 150 valence electrons. The van der Waals surface area contributed by atoms with Gasteiger partial charge < -0.3 is 9.64 Å². The van der Waals surface area contributed by atoms with Crippen molar-refractivity contribution in [2.45, 2.75) is 44.7 Å². The fourth-order valence-corrected chi connectivity index (χ4v) is 3.70. The van der Waals surface area contributed by atoms with E-state index in [0.717, 1.165) is 22.6 Å². The van der Waals surface area contributed by atoms with Gasteiger partial charge in [0.15, 0.2) is 0 Å². The second-order valence-corrected chi connectivity index (χ2v) is 7.77. The molecule has 1 atom stereocenters. The van der Waals surface area contributed by atoms with Crippen molar-refractivity contribution in [2.24, 2.45) is 0 Å². The molecule has 1 aliphatic carbocycles. The lowest BCUT2D eigenvalue weighted by atomic mass is 10.0. The molecule has 0 radical (unpaired) electrons. The largest absolute Gasteiger partial charge is 0.496 e. The molecule has 1 heterocycles. The SMILES string of the molecule is COc1ccccc1CC(C)N(Cc1ccccc1)C(=O)c1cc(C2CC2)[nH]n1. The van der Waals surface area contributed by atoms with E-state index in [-0.39, 0.29) is 11.9 Å². The van der Waals surface area contributed by atoms with E-state index < -0.39 is 0 Å². The van der Waals surface area contributed by atoms with Gasteiger partial charge in [-0.1, -0.05) is 48.5 Å². The summed E-state index contributed by atoms with van der Waals surface area (Å²) in [5.74, 6) is 1.35. The quantitative estimate of drug-likeness (QED) is 0.614.